The molecule has 1 N–H and O–H groups in total. The minimum absolute atomic E-state index is 0.237. The number of thioether (sulfide) groups is 1. The molecule has 3 atom stereocenters. The van der Waals surface area contributed by atoms with Gasteiger partial charge >= 0.3 is 10.8 Å². The van der Waals surface area contributed by atoms with Gasteiger partial charge in [0.1, 0.15) is 17.6 Å². The van der Waals surface area contributed by atoms with Gasteiger partial charge in [-0.05, 0) is 73.2 Å². The van der Waals surface area contributed by atoms with Crippen LogP contribution in [-0.2, 0) is 25.7 Å². The van der Waals surface area contributed by atoms with Gasteiger partial charge < -0.3 is 10.1 Å². The van der Waals surface area contributed by atoms with Crippen molar-refractivity contribution in [3.8, 4) is 0 Å². The number of halogens is 2. The summed E-state index contributed by atoms with van der Waals surface area (Å²) in [4.78, 5) is 67.3. The molecule has 1 fully saturated rings. The van der Waals surface area contributed by atoms with E-state index in [1.807, 2.05) is 0 Å². The largest absolute Gasteiger partial charge is 0.462 e. The number of aromatic nitrogens is 1. The zero-order valence-corrected chi connectivity index (χ0v) is 26.2. The smallest absolute Gasteiger partial charge is 0.338 e. The molecule has 3 amide bonds. The number of carbonyl (C=O) groups is 4. The number of anilines is 2. The molecular weight excluding hydrogens is 673 g/mol. The topological polar surface area (TPSA) is 115 Å². The molecule has 224 valence electrons. The van der Waals surface area contributed by atoms with Gasteiger partial charge in [-0.2, -0.15) is 0 Å². The summed E-state index contributed by atoms with van der Waals surface area (Å²) in [7, 11) is 0. The van der Waals surface area contributed by atoms with Crippen LogP contribution in [-0.4, -0.2) is 40.1 Å². The Hall–Kier alpha value is -4.07. The number of hydrogen-bond donors (Lipinski definition) is 1. The number of carbonyl (C=O) groups excluding carboxylic acids is 4. The highest BCUT2D eigenvalue weighted by atomic mass is 79.9. The predicted octanol–water partition coefficient (Wildman–Crippen LogP) is 5.42. The van der Waals surface area contributed by atoms with Crippen LogP contribution in [0, 0.1) is 11.7 Å². The molecule has 6 rings (SSSR count). The fraction of sp³-hybridized carbons (Fsp3) is 0.194. The molecule has 9 nitrogen and oxygen atoms in total. The van der Waals surface area contributed by atoms with Gasteiger partial charge in [-0.15, -0.1) is 0 Å². The Morgan fingerprint density at radius 2 is 1.64 bits per heavy atom. The maximum Gasteiger partial charge on any atom is 0.338 e. The summed E-state index contributed by atoms with van der Waals surface area (Å²) in [6.45, 7) is 1.60. The normalized spacial score (nSPS) is 19.0. The Morgan fingerprint density at radius 1 is 0.955 bits per heavy atom. The molecule has 44 heavy (non-hydrogen) atoms. The number of benzene rings is 3. The third kappa shape index (κ3) is 5.51. The van der Waals surface area contributed by atoms with Gasteiger partial charge in [0.25, 0.3) is 0 Å². The SMILES string of the molecule is CCOC(=O)c1ccc(NC(=O)Cn2c3c(sc2=O)[C@H](c2ccc(F)cc2)C2C(=O)N(c4ccc(Br)cc4)C(=O)C2S3)cc1. The number of fused-ring (bicyclic) bond motifs is 2. The van der Waals surface area contributed by atoms with Crippen molar-refractivity contribution in [1.29, 1.82) is 0 Å². The molecule has 0 saturated carbocycles. The first-order chi connectivity index (χ1) is 21.2. The van der Waals surface area contributed by atoms with Gasteiger partial charge in [-0.25, -0.2) is 14.1 Å². The first-order valence-electron chi connectivity index (χ1n) is 13.5. The van der Waals surface area contributed by atoms with E-state index in [0.717, 1.165) is 32.5 Å². The van der Waals surface area contributed by atoms with E-state index in [0.29, 0.717) is 32.4 Å². The average Bonchev–Trinajstić information content (AvgIpc) is 3.45. The Balaban J connectivity index is 1.33. The summed E-state index contributed by atoms with van der Waals surface area (Å²) in [6, 6.07) is 18.6. The molecule has 0 bridgehead atoms. The summed E-state index contributed by atoms with van der Waals surface area (Å²) in [5, 5.41) is 2.28. The Bertz CT molecular complexity index is 1840. The molecule has 13 heteroatoms. The third-order valence-electron chi connectivity index (χ3n) is 7.34. The zero-order chi connectivity index (χ0) is 31.1. The lowest BCUT2D eigenvalue weighted by molar-refractivity contribution is -0.122. The highest BCUT2D eigenvalue weighted by Crippen LogP contribution is 2.53. The van der Waals surface area contributed by atoms with Gasteiger partial charge in [0.15, 0.2) is 0 Å². The lowest BCUT2D eigenvalue weighted by Crippen LogP contribution is -2.33. The second kappa shape index (κ2) is 12.1. The van der Waals surface area contributed by atoms with Crippen LogP contribution < -0.4 is 15.1 Å². The van der Waals surface area contributed by atoms with Crippen LogP contribution >= 0.6 is 39.0 Å². The van der Waals surface area contributed by atoms with Crippen LogP contribution in [0.2, 0.25) is 0 Å². The maximum absolute atomic E-state index is 13.9. The molecule has 0 radical (unpaired) electrons. The van der Waals surface area contributed by atoms with E-state index in [9.17, 15) is 28.4 Å². The van der Waals surface area contributed by atoms with Gasteiger partial charge in [0.2, 0.25) is 17.7 Å². The second-order valence-corrected chi connectivity index (χ2v) is 13.1. The molecule has 0 spiro atoms. The Morgan fingerprint density at radius 3 is 2.30 bits per heavy atom. The second-order valence-electron chi connectivity index (χ2n) is 10.1. The first-order valence-corrected chi connectivity index (χ1v) is 16.0. The van der Waals surface area contributed by atoms with Crippen molar-refractivity contribution in [3.63, 3.8) is 0 Å². The molecule has 1 aromatic heterocycles. The van der Waals surface area contributed by atoms with E-state index in [-0.39, 0.29) is 13.2 Å². The zero-order valence-electron chi connectivity index (χ0n) is 23.0. The van der Waals surface area contributed by atoms with E-state index in [1.165, 1.54) is 28.8 Å². The van der Waals surface area contributed by atoms with Crippen LogP contribution in [0.25, 0.3) is 0 Å². The van der Waals surface area contributed by atoms with Gasteiger partial charge in [0.05, 0.1) is 28.8 Å². The minimum atomic E-state index is -0.868. The number of esters is 1. The molecule has 4 aromatic rings. The summed E-state index contributed by atoms with van der Waals surface area (Å²) < 4.78 is 21.0. The highest BCUT2D eigenvalue weighted by Gasteiger charge is 2.56. The molecule has 2 aliphatic rings. The van der Waals surface area contributed by atoms with Crippen LogP contribution in [0.15, 0.2) is 87.1 Å². The van der Waals surface area contributed by atoms with Gasteiger partial charge in [-0.1, -0.05) is 51.2 Å². The van der Waals surface area contributed by atoms with Gasteiger partial charge in [-0.3, -0.25) is 23.7 Å². The van der Waals surface area contributed by atoms with Crippen molar-refractivity contribution >= 4 is 74.1 Å². The number of thiazole rings is 1. The van der Waals surface area contributed by atoms with E-state index < -0.39 is 51.5 Å². The molecule has 3 heterocycles. The first kappa shape index (κ1) is 30.0. The van der Waals surface area contributed by atoms with Crippen LogP contribution in [0.4, 0.5) is 15.8 Å². The quantitative estimate of drug-likeness (QED) is 0.203. The average molecular weight is 697 g/mol. The number of hydrogen-bond acceptors (Lipinski definition) is 8. The summed E-state index contributed by atoms with van der Waals surface area (Å²) in [5.74, 6) is -3.82. The van der Waals surface area contributed by atoms with Crippen LogP contribution in [0.3, 0.4) is 0 Å². The number of imide groups is 1. The fourth-order valence-electron chi connectivity index (χ4n) is 5.38. The maximum atomic E-state index is 13.9. The Kier molecular flexibility index (Phi) is 8.27. The van der Waals surface area contributed by atoms with Crippen molar-refractivity contribution in [2.45, 2.75) is 29.7 Å². The lowest BCUT2D eigenvalue weighted by atomic mass is 9.83. The molecule has 0 aliphatic carbocycles. The number of nitrogens with one attached hydrogen (secondary N) is 1. The fourth-order valence-corrected chi connectivity index (χ4v) is 8.41. The molecule has 2 aliphatic heterocycles. The third-order valence-corrected chi connectivity index (χ3v) is 10.5. The lowest BCUT2D eigenvalue weighted by Gasteiger charge is -2.30. The van der Waals surface area contributed by atoms with E-state index in [4.69, 9.17) is 4.74 Å². The van der Waals surface area contributed by atoms with E-state index in [1.54, 1.807) is 55.5 Å². The monoisotopic (exact) mass is 695 g/mol. The summed E-state index contributed by atoms with van der Waals surface area (Å²) >= 11 is 5.37. The van der Waals surface area contributed by atoms with Crippen molar-refractivity contribution in [2.24, 2.45) is 5.92 Å². The van der Waals surface area contributed by atoms with E-state index in [2.05, 4.69) is 21.2 Å². The van der Waals surface area contributed by atoms with Crippen LogP contribution in [0.1, 0.15) is 33.6 Å². The van der Waals surface area contributed by atoms with Gasteiger partial charge in [0, 0.05) is 21.0 Å². The van der Waals surface area contributed by atoms with Crippen molar-refractivity contribution in [1.82, 2.24) is 4.57 Å². The van der Waals surface area contributed by atoms with Crippen LogP contribution in [0.5, 0.6) is 0 Å². The standard InChI is InChI=1S/C31H23BrFN3O6S2/c1-2-42-30(40)17-5-11-20(12-6-17)34-22(37)15-35-29-26(44-31(35)41)23(16-3-9-19(33)10-4-16)24-25(43-29)28(39)36(27(24)38)21-13-7-18(32)8-14-21/h3-14,23-25H,2,15H2,1H3,(H,34,37)/t23-,24?,25?/m1/s1. The molecular formula is C31H23BrFN3O6S2. The molecule has 3 aromatic carbocycles. The Labute approximate surface area is 267 Å². The number of amides is 3. The predicted molar refractivity (Wildman–Crippen MR) is 168 cm³/mol. The summed E-state index contributed by atoms with van der Waals surface area (Å²) in [6.07, 6.45) is 0. The number of rotatable bonds is 7. The highest BCUT2D eigenvalue weighted by molar-refractivity contribution is 9.10. The number of ether oxygens (including phenoxy) is 1. The summed E-state index contributed by atoms with van der Waals surface area (Å²) in [5.41, 5.74) is 1.75. The van der Waals surface area contributed by atoms with E-state index >= 15 is 0 Å². The molecule has 2 unspecified atom stereocenters. The van der Waals surface area contributed by atoms with Crippen molar-refractivity contribution in [2.75, 3.05) is 16.8 Å². The number of nitrogens with zero attached hydrogens (tertiary/aromatic N) is 2. The molecule has 1 saturated heterocycles. The van der Waals surface area contributed by atoms with Crippen molar-refractivity contribution in [3.05, 3.63) is 109 Å². The minimum Gasteiger partial charge on any atom is -0.462 e. The van der Waals surface area contributed by atoms with Crippen molar-refractivity contribution < 1.29 is 28.3 Å².